The number of rotatable bonds is 6. The number of aryl methyl sites for hydroxylation is 1. The third-order valence-electron chi connectivity index (χ3n) is 4.19. The van der Waals surface area contributed by atoms with Gasteiger partial charge in [0.05, 0.1) is 17.7 Å². The number of thioether (sulfide) groups is 1. The highest BCUT2D eigenvalue weighted by Crippen LogP contribution is 2.32. The summed E-state index contributed by atoms with van der Waals surface area (Å²) >= 11 is 6.59. The first kappa shape index (κ1) is 20.1. The maximum absolute atomic E-state index is 12.7. The van der Waals surface area contributed by atoms with Crippen LogP contribution in [0.3, 0.4) is 0 Å². The maximum atomic E-state index is 12.7. The summed E-state index contributed by atoms with van der Waals surface area (Å²) in [6.07, 6.45) is 1.97. The van der Waals surface area contributed by atoms with E-state index < -0.39 is 0 Å². The van der Waals surface area contributed by atoms with Crippen molar-refractivity contribution in [3.8, 4) is 5.75 Å². The van der Waals surface area contributed by atoms with E-state index in [4.69, 9.17) is 17.0 Å². The minimum absolute atomic E-state index is 0.141. The molecule has 1 aliphatic heterocycles. The third kappa shape index (κ3) is 4.79. The first-order valence-electron chi connectivity index (χ1n) is 8.73. The van der Waals surface area contributed by atoms with E-state index in [0.717, 1.165) is 11.1 Å². The lowest BCUT2D eigenvalue weighted by Gasteiger charge is -2.15. The van der Waals surface area contributed by atoms with Gasteiger partial charge in [0.25, 0.3) is 5.91 Å². The van der Waals surface area contributed by atoms with Crippen LogP contribution in [0.1, 0.15) is 17.5 Å². The molecule has 1 heterocycles. The Morgan fingerprint density at radius 3 is 2.64 bits per heavy atom. The Morgan fingerprint density at radius 1 is 1.21 bits per heavy atom. The Morgan fingerprint density at radius 2 is 1.93 bits per heavy atom. The van der Waals surface area contributed by atoms with Crippen LogP contribution in [0.4, 0.5) is 5.69 Å². The van der Waals surface area contributed by atoms with Crippen LogP contribution in [0, 0.1) is 6.92 Å². The number of para-hydroxylation sites is 2. The highest BCUT2D eigenvalue weighted by Gasteiger charge is 2.32. The zero-order chi connectivity index (χ0) is 20.1. The summed E-state index contributed by atoms with van der Waals surface area (Å²) in [5.41, 5.74) is 2.70. The van der Waals surface area contributed by atoms with Gasteiger partial charge in [-0.05, 0) is 30.7 Å². The molecule has 1 N–H and O–H groups in total. The number of ether oxygens (including phenoxy) is 1. The van der Waals surface area contributed by atoms with Crippen LogP contribution in [-0.2, 0) is 9.59 Å². The third-order valence-corrected chi connectivity index (χ3v) is 5.57. The molecule has 7 heteroatoms. The fourth-order valence-electron chi connectivity index (χ4n) is 2.68. The van der Waals surface area contributed by atoms with Crippen molar-refractivity contribution in [1.82, 2.24) is 4.90 Å². The van der Waals surface area contributed by atoms with Crippen LogP contribution in [0.5, 0.6) is 5.75 Å². The molecule has 1 aliphatic rings. The second-order valence-electron chi connectivity index (χ2n) is 6.24. The molecular formula is C21H20N2O3S2. The van der Waals surface area contributed by atoms with Gasteiger partial charge in [-0.3, -0.25) is 14.5 Å². The van der Waals surface area contributed by atoms with Gasteiger partial charge in [-0.1, -0.05) is 65.9 Å². The monoisotopic (exact) mass is 412 g/mol. The van der Waals surface area contributed by atoms with Gasteiger partial charge in [-0.2, -0.15) is 0 Å². The second-order valence-corrected chi connectivity index (χ2v) is 7.92. The number of anilines is 1. The van der Waals surface area contributed by atoms with Gasteiger partial charge in [0.1, 0.15) is 10.1 Å². The largest absolute Gasteiger partial charge is 0.495 e. The van der Waals surface area contributed by atoms with Gasteiger partial charge in [0.15, 0.2) is 0 Å². The fraction of sp³-hybridized carbons (Fsp3) is 0.190. The molecule has 0 aliphatic carbocycles. The number of amides is 2. The number of nitrogens with zero attached hydrogens (tertiary/aromatic N) is 1. The average Bonchev–Trinajstić information content (AvgIpc) is 2.95. The summed E-state index contributed by atoms with van der Waals surface area (Å²) in [6.45, 7) is 2.25. The normalized spacial score (nSPS) is 15.2. The van der Waals surface area contributed by atoms with Gasteiger partial charge in [0, 0.05) is 13.0 Å². The standard InChI is InChI=1S/C21H20N2O3S2/c1-14-7-9-15(10-8-14)13-18-20(25)23(21(27)28-18)12-11-19(24)22-16-5-3-4-6-17(16)26-2/h3-10,13H,11-12H2,1-2H3,(H,22,24)/b18-13+. The Bertz CT molecular complexity index is 939. The second kappa shape index (κ2) is 9.03. The van der Waals surface area contributed by atoms with Crippen molar-refractivity contribution in [3.63, 3.8) is 0 Å². The number of carbonyl (C=O) groups excluding carboxylic acids is 2. The summed E-state index contributed by atoms with van der Waals surface area (Å²) in [7, 11) is 1.55. The van der Waals surface area contributed by atoms with Crippen LogP contribution in [-0.4, -0.2) is 34.7 Å². The predicted octanol–water partition coefficient (Wildman–Crippen LogP) is 4.23. The van der Waals surface area contributed by atoms with Crippen molar-refractivity contribution < 1.29 is 14.3 Å². The fourth-order valence-corrected chi connectivity index (χ4v) is 3.99. The van der Waals surface area contributed by atoms with Crippen molar-refractivity contribution >= 4 is 51.9 Å². The Labute approximate surface area is 173 Å². The maximum Gasteiger partial charge on any atom is 0.266 e. The topological polar surface area (TPSA) is 58.6 Å². The predicted molar refractivity (Wildman–Crippen MR) is 117 cm³/mol. The summed E-state index contributed by atoms with van der Waals surface area (Å²) < 4.78 is 5.69. The van der Waals surface area contributed by atoms with Crippen molar-refractivity contribution in [2.45, 2.75) is 13.3 Å². The van der Waals surface area contributed by atoms with Gasteiger partial charge in [-0.15, -0.1) is 0 Å². The number of benzene rings is 2. The van der Waals surface area contributed by atoms with Crippen LogP contribution < -0.4 is 10.1 Å². The Kier molecular flexibility index (Phi) is 6.49. The van der Waals surface area contributed by atoms with Crippen molar-refractivity contribution in [2.75, 3.05) is 19.0 Å². The molecule has 5 nitrogen and oxygen atoms in total. The lowest BCUT2D eigenvalue weighted by Crippen LogP contribution is -2.31. The molecule has 0 spiro atoms. The summed E-state index contributed by atoms with van der Waals surface area (Å²) in [5.74, 6) is 0.212. The van der Waals surface area contributed by atoms with Crippen LogP contribution in [0.15, 0.2) is 53.4 Å². The van der Waals surface area contributed by atoms with Gasteiger partial charge >= 0.3 is 0 Å². The molecule has 2 aromatic carbocycles. The molecule has 0 atom stereocenters. The van der Waals surface area contributed by atoms with Gasteiger partial charge in [0.2, 0.25) is 5.91 Å². The SMILES string of the molecule is COc1ccccc1NC(=O)CCN1C(=O)/C(=C\c2ccc(C)cc2)SC1=S. The quantitative estimate of drug-likeness (QED) is 0.568. The molecule has 1 saturated heterocycles. The Hall–Kier alpha value is -2.64. The van der Waals surface area contributed by atoms with E-state index in [2.05, 4.69) is 5.32 Å². The van der Waals surface area contributed by atoms with E-state index in [0.29, 0.717) is 20.7 Å². The van der Waals surface area contributed by atoms with Crippen LogP contribution in [0.2, 0.25) is 0 Å². The molecule has 28 heavy (non-hydrogen) atoms. The Balaban J connectivity index is 1.61. The van der Waals surface area contributed by atoms with Gasteiger partial charge in [-0.25, -0.2) is 0 Å². The van der Waals surface area contributed by atoms with Gasteiger partial charge < -0.3 is 10.1 Å². The molecule has 0 aromatic heterocycles. The molecule has 0 radical (unpaired) electrons. The number of carbonyl (C=O) groups is 2. The molecule has 2 aromatic rings. The van der Waals surface area contributed by atoms with E-state index in [1.54, 1.807) is 19.2 Å². The highest BCUT2D eigenvalue weighted by molar-refractivity contribution is 8.26. The summed E-state index contributed by atoms with van der Waals surface area (Å²) in [5, 5.41) is 2.80. The zero-order valence-corrected chi connectivity index (χ0v) is 17.2. The molecule has 2 amide bonds. The van der Waals surface area contributed by atoms with E-state index in [9.17, 15) is 9.59 Å². The lowest BCUT2D eigenvalue weighted by molar-refractivity contribution is -0.122. The molecule has 1 fully saturated rings. The van der Waals surface area contributed by atoms with Crippen molar-refractivity contribution in [1.29, 1.82) is 0 Å². The van der Waals surface area contributed by atoms with E-state index in [1.807, 2.05) is 49.4 Å². The van der Waals surface area contributed by atoms with Crippen molar-refractivity contribution in [3.05, 3.63) is 64.6 Å². The first-order valence-corrected chi connectivity index (χ1v) is 9.95. The van der Waals surface area contributed by atoms with Crippen LogP contribution >= 0.6 is 24.0 Å². The number of hydrogen-bond donors (Lipinski definition) is 1. The van der Waals surface area contributed by atoms with Crippen molar-refractivity contribution in [2.24, 2.45) is 0 Å². The van der Waals surface area contributed by atoms with E-state index in [1.165, 1.54) is 16.7 Å². The number of nitrogens with one attached hydrogen (secondary N) is 1. The molecule has 3 rings (SSSR count). The average molecular weight is 413 g/mol. The van der Waals surface area contributed by atoms with E-state index in [-0.39, 0.29) is 24.8 Å². The number of thiocarbonyl (C=S) groups is 1. The zero-order valence-electron chi connectivity index (χ0n) is 15.6. The molecule has 0 bridgehead atoms. The van der Waals surface area contributed by atoms with E-state index >= 15 is 0 Å². The molecule has 0 unspecified atom stereocenters. The number of hydrogen-bond acceptors (Lipinski definition) is 5. The first-order chi connectivity index (χ1) is 13.5. The minimum Gasteiger partial charge on any atom is -0.495 e. The lowest BCUT2D eigenvalue weighted by atomic mass is 10.1. The molecule has 144 valence electrons. The smallest absolute Gasteiger partial charge is 0.266 e. The summed E-state index contributed by atoms with van der Waals surface area (Å²) in [4.78, 5) is 27.0. The number of methoxy groups -OCH3 is 1. The highest BCUT2D eigenvalue weighted by atomic mass is 32.2. The minimum atomic E-state index is -0.207. The van der Waals surface area contributed by atoms with Crippen LogP contribution in [0.25, 0.3) is 6.08 Å². The molecule has 0 saturated carbocycles. The summed E-state index contributed by atoms with van der Waals surface area (Å²) in [6, 6.07) is 15.1. The molecular weight excluding hydrogens is 392 g/mol.